The van der Waals surface area contributed by atoms with Gasteiger partial charge in [0.15, 0.2) is 11.6 Å². The van der Waals surface area contributed by atoms with E-state index >= 15 is 0 Å². The third-order valence-corrected chi connectivity index (χ3v) is 3.01. The van der Waals surface area contributed by atoms with Gasteiger partial charge in [0.1, 0.15) is 11.9 Å². The van der Waals surface area contributed by atoms with Crippen LogP contribution in [0.4, 0.5) is 8.78 Å². The highest BCUT2D eigenvalue weighted by atomic mass is 19.1. The van der Waals surface area contributed by atoms with Crippen LogP contribution >= 0.6 is 0 Å². The van der Waals surface area contributed by atoms with Crippen molar-refractivity contribution in [2.24, 2.45) is 0 Å². The van der Waals surface area contributed by atoms with Gasteiger partial charge in [-0.1, -0.05) is 24.3 Å². The van der Waals surface area contributed by atoms with Gasteiger partial charge in [-0.25, -0.2) is 8.78 Å². The second-order valence-electron chi connectivity index (χ2n) is 4.27. The van der Waals surface area contributed by atoms with E-state index in [-0.39, 0.29) is 16.9 Å². The van der Waals surface area contributed by atoms with Crippen LogP contribution in [-0.2, 0) is 0 Å². The zero-order valence-corrected chi connectivity index (χ0v) is 10.7. The van der Waals surface area contributed by atoms with Crippen molar-refractivity contribution in [2.45, 2.75) is 13.0 Å². The SMILES string of the molecule is COc1ccc(C(O)c2cccc(C)c2F)cc1F. The molecule has 0 bridgehead atoms. The summed E-state index contributed by atoms with van der Waals surface area (Å²) < 4.78 is 32.3. The van der Waals surface area contributed by atoms with Crippen LogP contribution < -0.4 is 4.74 Å². The average molecular weight is 264 g/mol. The number of hydrogen-bond acceptors (Lipinski definition) is 2. The normalized spacial score (nSPS) is 12.3. The Hall–Kier alpha value is -1.94. The summed E-state index contributed by atoms with van der Waals surface area (Å²) in [6, 6.07) is 8.80. The van der Waals surface area contributed by atoms with Crippen molar-refractivity contribution in [2.75, 3.05) is 7.11 Å². The first-order valence-corrected chi connectivity index (χ1v) is 5.81. The van der Waals surface area contributed by atoms with Gasteiger partial charge in [0.2, 0.25) is 0 Å². The first-order chi connectivity index (χ1) is 9.04. The zero-order chi connectivity index (χ0) is 14.0. The molecule has 19 heavy (non-hydrogen) atoms. The molecule has 0 aliphatic carbocycles. The van der Waals surface area contributed by atoms with Crippen molar-refractivity contribution in [3.05, 3.63) is 64.7 Å². The van der Waals surface area contributed by atoms with Gasteiger partial charge in [-0.3, -0.25) is 0 Å². The molecular formula is C15H14F2O2. The number of halogens is 2. The van der Waals surface area contributed by atoms with Crippen molar-refractivity contribution < 1.29 is 18.6 Å². The topological polar surface area (TPSA) is 29.5 Å². The highest BCUT2D eigenvalue weighted by molar-refractivity contribution is 5.37. The molecular weight excluding hydrogens is 250 g/mol. The minimum Gasteiger partial charge on any atom is -0.494 e. The largest absolute Gasteiger partial charge is 0.494 e. The van der Waals surface area contributed by atoms with E-state index in [0.717, 1.165) is 6.07 Å². The van der Waals surface area contributed by atoms with Gasteiger partial charge in [0, 0.05) is 5.56 Å². The standard InChI is InChI=1S/C15H14F2O2/c1-9-4-3-5-11(14(9)17)15(18)10-6-7-13(19-2)12(16)8-10/h3-8,15,18H,1-2H3. The Balaban J connectivity index is 2.41. The molecule has 0 heterocycles. The van der Waals surface area contributed by atoms with E-state index in [4.69, 9.17) is 4.74 Å². The molecule has 1 atom stereocenters. The summed E-state index contributed by atoms with van der Waals surface area (Å²) in [5.41, 5.74) is 0.845. The smallest absolute Gasteiger partial charge is 0.165 e. The Kier molecular flexibility index (Phi) is 3.81. The van der Waals surface area contributed by atoms with Gasteiger partial charge in [0.05, 0.1) is 7.11 Å². The number of methoxy groups -OCH3 is 1. The molecule has 0 saturated carbocycles. The van der Waals surface area contributed by atoms with Crippen LogP contribution in [-0.4, -0.2) is 12.2 Å². The summed E-state index contributed by atoms with van der Waals surface area (Å²) in [6.07, 6.45) is -1.21. The fourth-order valence-corrected chi connectivity index (χ4v) is 1.91. The van der Waals surface area contributed by atoms with Crippen LogP contribution in [0, 0.1) is 18.6 Å². The van der Waals surface area contributed by atoms with Crippen molar-refractivity contribution in [1.29, 1.82) is 0 Å². The van der Waals surface area contributed by atoms with Gasteiger partial charge < -0.3 is 9.84 Å². The van der Waals surface area contributed by atoms with Crippen LogP contribution in [0.2, 0.25) is 0 Å². The third-order valence-electron chi connectivity index (χ3n) is 3.01. The maximum Gasteiger partial charge on any atom is 0.165 e. The monoisotopic (exact) mass is 264 g/mol. The Labute approximate surface area is 110 Å². The van der Waals surface area contributed by atoms with E-state index in [9.17, 15) is 13.9 Å². The number of ether oxygens (including phenoxy) is 1. The second kappa shape index (κ2) is 5.36. The van der Waals surface area contributed by atoms with Crippen molar-refractivity contribution >= 4 is 0 Å². The number of hydrogen-bond donors (Lipinski definition) is 1. The predicted octanol–water partition coefficient (Wildman–Crippen LogP) is 3.36. The van der Waals surface area contributed by atoms with Gasteiger partial charge in [-0.2, -0.15) is 0 Å². The summed E-state index contributed by atoms with van der Waals surface area (Å²) >= 11 is 0. The zero-order valence-electron chi connectivity index (χ0n) is 10.7. The lowest BCUT2D eigenvalue weighted by atomic mass is 9.99. The molecule has 0 amide bonds. The van der Waals surface area contributed by atoms with Gasteiger partial charge in [0.25, 0.3) is 0 Å². The maximum absolute atomic E-state index is 13.9. The molecule has 100 valence electrons. The Morgan fingerprint density at radius 1 is 1.16 bits per heavy atom. The molecule has 2 nitrogen and oxygen atoms in total. The van der Waals surface area contributed by atoms with Crippen molar-refractivity contribution in [3.63, 3.8) is 0 Å². The first-order valence-electron chi connectivity index (χ1n) is 5.81. The van der Waals surface area contributed by atoms with Crippen LogP contribution in [0.25, 0.3) is 0 Å². The molecule has 1 unspecified atom stereocenters. The van der Waals surface area contributed by atoms with Crippen LogP contribution in [0.5, 0.6) is 5.75 Å². The summed E-state index contributed by atoms with van der Waals surface area (Å²) in [7, 11) is 1.36. The lowest BCUT2D eigenvalue weighted by Crippen LogP contribution is -2.04. The summed E-state index contributed by atoms with van der Waals surface area (Å²) in [6.45, 7) is 1.61. The molecule has 0 spiro atoms. The van der Waals surface area contributed by atoms with Crippen LogP contribution in [0.3, 0.4) is 0 Å². The Morgan fingerprint density at radius 2 is 1.89 bits per heavy atom. The molecule has 4 heteroatoms. The van der Waals surface area contributed by atoms with Gasteiger partial charge in [-0.05, 0) is 30.2 Å². The van der Waals surface area contributed by atoms with Crippen molar-refractivity contribution in [3.8, 4) is 5.75 Å². The number of benzene rings is 2. The third kappa shape index (κ3) is 2.58. The molecule has 1 N–H and O–H groups in total. The highest BCUT2D eigenvalue weighted by Gasteiger charge is 2.17. The molecule has 0 saturated heterocycles. The summed E-state index contributed by atoms with van der Waals surface area (Å²) in [5, 5.41) is 10.1. The van der Waals surface area contributed by atoms with Gasteiger partial charge in [-0.15, -0.1) is 0 Å². The lowest BCUT2D eigenvalue weighted by Gasteiger charge is -2.14. The number of rotatable bonds is 3. The molecule has 2 aromatic carbocycles. The van der Waals surface area contributed by atoms with E-state index in [1.54, 1.807) is 19.1 Å². The molecule has 0 aromatic heterocycles. The Bertz CT molecular complexity index is 597. The fourth-order valence-electron chi connectivity index (χ4n) is 1.91. The quantitative estimate of drug-likeness (QED) is 0.921. The second-order valence-corrected chi connectivity index (χ2v) is 4.27. The van der Waals surface area contributed by atoms with E-state index < -0.39 is 17.7 Å². The summed E-state index contributed by atoms with van der Waals surface area (Å²) in [5.74, 6) is -0.987. The van der Waals surface area contributed by atoms with Crippen LogP contribution in [0.1, 0.15) is 22.8 Å². The molecule has 0 radical (unpaired) electrons. The van der Waals surface area contributed by atoms with Crippen molar-refractivity contribution in [1.82, 2.24) is 0 Å². The number of aliphatic hydroxyl groups is 1. The molecule has 0 aliphatic rings. The number of aryl methyl sites for hydroxylation is 1. The molecule has 0 fully saturated rings. The van der Waals surface area contributed by atoms with Crippen LogP contribution in [0.15, 0.2) is 36.4 Å². The first kappa shape index (κ1) is 13.5. The van der Waals surface area contributed by atoms with E-state index in [1.807, 2.05) is 0 Å². The summed E-state index contributed by atoms with van der Waals surface area (Å²) in [4.78, 5) is 0. The molecule has 0 aliphatic heterocycles. The van der Waals surface area contributed by atoms with E-state index in [2.05, 4.69) is 0 Å². The minimum absolute atomic E-state index is 0.0839. The highest BCUT2D eigenvalue weighted by Crippen LogP contribution is 2.28. The van der Waals surface area contributed by atoms with Gasteiger partial charge >= 0.3 is 0 Å². The number of aliphatic hydroxyl groups excluding tert-OH is 1. The van der Waals surface area contributed by atoms with E-state index in [0.29, 0.717) is 5.56 Å². The maximum atomic E-state index is 13.9. The molecule has 2 rings (SSSR count). The average Bonchev–Trinajstić information content (AvgIpc) is 2.41. The lowest BCUT2D eigenvalue weighted by molar-refractivity contribution is 0.214. The predicted molar refractivity (Wildman–Crippen MR) is 68.2 cm³/mol. The van der Waals surface area contributed by atoms with E-state index in [1.165, 1.54) is 25.3 Å². The minimum atomic E-state index is -1.21. The fraction of sp³-hybridized carbons (Fsp3) is 0.200. The molecule has 2 aromatic rings. The Morgan fingerprint density at radius 3 is 2.53 bits per heavy atom.